The van der Waals surface area contributed by atoms with Gasteiger partial charge in [0, 0.05) is 36.8 Å². The number of para-hydroxylation sites is 1. The van der Waals surface area contributed by atoms with Crippen molar-refractivity contribution in [1.29, 1.82) is 0 Å². The van der Waals surface area contributed by atoms with E-state index in [-0.39, 0.29) is 35.8 Å². The summed E-state index contributed by atoms with van der Waals surface area (Å²) in [7, 11) is -3.63. The number of hydrogen-bond acceptors (Lipinski definition) is 6. The van der Waals surface area contributed by atoms with Crippen LogP contribution in [0.2, 0.25) is 0 Å². The van der Waals surface area contributed by atoms with Crippen molar-refractivity contribution in [2.75, 3.05) is 30.1 Å². The molecule has 9 nitrogen and oxygen atoms in total. The Morgan fingerprint density at radius 1 is 1.00 bits per heavy atom. The lowest BCUT2D eigenvalue weighted by Crippen LogP contribution is -2.50. The van der Waals surface area contributed by atoms with E-state index in [4.69, 9.17) is 0 Å². The third-order valence-corrected chi connectivity index (χ3v) is 8.88. The predicted octanol–water partition coefficient (Wildman–Crippen LogP) is 4.32. The van der Waals surface area contributed by atoms with E-state index in [1.165, 1.54) is 6.07 Å². The monoisotopic (exact) mass is 642 g/mol. The molecular formula is C33H40F2N4O5S. The molecule has 0 bridgehead atoms. The summed E-state index contributed by atoms with van der Waals surface area (Å²) in [5.74, 6) is -2.64. The van der Waals surface area contributed by atoms with E-state index in [0.717, 1.165) is 31.0 Å². The Labute approximate surface area is 263 Å². The van der Waals surface area contributed by atoms with Crippen LogP contribution >= 0.6 is 0 Å². The zero-order valence-electron chi connectivity index (χ0n) is 25.6. The molecule has 45 heavy (non-hydrogen) atoms. The van der Waals surface area contributed by atoms with E-state index in [9.17, 15) is 31.9 Å². The highest BCUT2D eigenvalue weighted by Gasteiger charge is 2.31. The average molecular weight is 643 g/mol. The van der Waals surface area contributed by atoms with Crippen LogP contribution in [0.5, 0.6) is 0 Å². The molecule has 3 atom stereocenters. The van der Waals surface area contributed by atoms with Gasteiger partial charge in [0.05, 0.1) is 29.6 Å². The number of fused-ring (bicyclic) bond motifs is 1. The number of aryl methyl sites for hydroxylation is 1. The summed E-state index contributed by atoms with van der Waals surface area (Å²) >= 11 is 0. The minimum Gasteiger partial charge on any atom is -0.390 e. The normalized spacial score (nSPS) is 16.6. The van der Waals surface area contributed by atoms with Crippen molar-refractivity contribution in [3.8, 4) is 0 Å². The molecule has 4 rings (SSSR count). The van der Waals surface area contributed by atoms with Crippen molar-refractivity contribution in [3.05, 3.63) is 100 Å². The van der Waals surface area contributed by atoms with Gasteiger partial charge in [0.1, 0.15) is 11.6 Å². The molecule has 0 saturated carbocycles. The molecule has 0 spiro atoms. The molecule has 242 valence electrons. The number of aliphatic hydroxyl groups excluding tert-OH is 1. The number of amides is 2. The van der Waals surface area contributed by atoms with Crippen LogP contribution in [0.15, 0.2) is 60.7 Å². The number of rotatable bonds is 13. The largest absolute Gasteiger partial charge is 0.390 e. The van der Waals surface area contributed by atoms with Gasteiger partial charge in [0.15, 0.2) is 0 Å². The maximum absolute atomic E-state index is 14.0. The van der Waals surface area contributed by atoms with Gasteiger partial charge in [0.2, 0.25) is 10.0 Å². The number of hydrogen-bond donors (Lipinski definition) is 4. The quantitative estimate of drug-likeness (QED) is 0.220. The third-order valence-electron chi connectivity index (χ3n) is 7.58. The van der Waals surface area contributed by atoms with E-state index < -0.39 is 45.8 Å². The molecule has 0 radical (unpaired) electrons. The smallest absolute Gasteiger partial charge is 0.253 e. The first-order chi connectivity index (χ1) is 21.4. The van der Waals surface area contributed by atoms with Gasteiger partial charge in [0.25, 0.3) is 11.8 Å². The number of benzene rings is 3. The Hall–Kier alpha value is -3.87. The molecule has 0 saturated heterocycles. The van der Waals surface area contributed by atoms with Crippen molar-refractivity contribution >= 4 is 27.5 Å². The van der Waals surface area contributed by atoms with Crippen LogP contribution in [-0.2, 0) is 16.4 Å². The first-order valence-corrected chi connectivity index (χ1v) is 16.7. The lowest BCUT2D eigenvalue weighted by atomic mass is 9.98. The molecule has 0 unspecified atom stereocenters. The van der Waals surface area contributed by atoms with E-state index in [2.05, 4.69) is 15.4 Å². The predicted molar refractivity (Wildman–Crippen MR) is 170 cm³/mol. The number of nitrogens with one attached hydrogen (secondary N) is 3. The average Bonchev–Trinajstić information content (AvgIpc) is 2.97. The molecule has 12 heteroatoms. The molecule has 3 aromatic carbocycles. The van der Waals surface area contributed by atoms with E-state index in [0.29, 0.717) is 35.5 Å². The van der Waals surface area contributed by atoms with Crippen LogP contribution in [-0.4, -0.2) is 67.8 Å². The number of halogens is 2. The van der Waals surface area contributed by atoms with Crippen molar-refractivity contribution < 1.29 is 31.9 Å². The Kier molecular flexibility index (Phi) is 11.3. The van der Waals surface area contributed by atoms with Gasteiger partial charge >= 0.3 is 0 Å². The van der Waals surface area contributed by atoms with Gasteiger partial charge in [-0.3, -0.25) is 14.3 Å². The number of carbonyl (C=O) groups is 2. The maximum atomic E-state index is 14.0. The Bertz CT molecular complexity index is 1610. The Balaban J connectivity index is 1.58. The zero-order valence-corrected chi connectivity index (χ0v) is 26.5. The molecular weight excluding hydrogens is 602 g/mol. The SMILES string of the molecule is CCCN(CCC)C(=O)c1cc(C)cc(C(=O)N[C@@H](Cc2cc(F)cc(F)c2)[C@H](O)CN[C@H]2CS(=O)(=O)Nc3ccccc32)c1. The lowest BCUT2D eigenvalue weighted by molar-refractivity contribution is 0.0755. The standard InChI is InChI=1S/C33H40F2N4O5S/c1-4-10-39(11-5-2)33(42)24-13-21(3)12-23(17-24)32(41)37-29(16-22-14-25(34)18-26(35)15-22)31(40)19-36-30-20-45(43,44)38-28-9-7-6-8-27(28)30/h6-9,12-15,17-18,29-31,36,38,40H,4-5,10-11,16,19-20H2,1-3H3,(H,37,41)/t29-,30-,31+/m0/s1. The molecule has 0 fully saturated rings. The second-order valence-electron chi connectivity index (χ2n) is 11.4. The fraction of sp³-hybridized carbons (Fsp3) is 0.394. The summed E-state index contributed by atoms with van der Waals surface area (Å²) in [6.45, 7) is 6.76. The van der Waals surface area contributed by atoms with Crippen LogP contribution < -0.4 is 15.4 Å². The summed E-state index contributed by atoms with van der Waals surface area (Å²) in [5.41, 5.74) is 2.58. The highest BCUT2D eigenvalue weighted by atomic mass is 32.2. The first kappa shape index (κ1) is 34.0. The Morgan fingerprint density at radius 2 is 1.64 bits per heavy atom. The highest BCUT2D eigenvalue weighted by Crippen LogP contribution is 2.30. The number of nitrogens with zero attached hydrogens (tertiary/aromatic N) is 1. The number of aliphatic hydroxyl groups is 1. The molecule has 2 amide bonds. The van der Waals surface area contributed by atoms with Crippen LogP contribution in [0.1, 0.15) is 70.1 Å². The minimum atomic E-state index is -3.63. The molecule has 0 aromatic heterocycles. The fourth-order valence-electron chi connectivity index (χ4n) is 5.58. The highest BCUT2D eigenvalue weighted by molar-refractivity contribution is 7.92. The molecule has 1 aliphatic rings. The van der Waals surface area contributed by atoms with Crippen molar-refractivity contribution in [2.24, 2.45) is 0 Å². The summed E-state index contributed by atoms with van der Waals surface area (Å²) in [4.78, 5) is 28.6. The van der Waals surface area contributed by atoms with Crippen molar-refractivity contribution in [3.63, 3.8) is 0 Å². The van der Waals surface area contributed by atoms with Gasteiger partial charge in [-0.2, -0.15) is 0 Å². The topological polar surface area (TPSA) is 128 Å². The molecule has 3 aromatic rings. The number of sulfonamides is 1. The van der Waals surface area contributed by atoms with Crippen molar-refractivity contribution in [2.45, 2.75) is 58.2 Å². The summed E-state index contributed by atoms with van der Waals surface area (Å²) in [6, 6.07) is 13.0. The van der Waals surface area contributed by atoms with Gasteiger partial charge < -0.3 is 20.6 Å². The van der Waals surface area contributed by atoms with E-state index >= 15 is 0 Å². The second kappa shape index (κ2) is 14.9. The number of carbonyl (C=O) groups excluding carboxylic acids is 2. The van der Waals surface area contributed by atoms with Gasteiger partial charge in [-0.15, -0.1) is 0 Å². The van der Waals surface area contributed by atoms with E-state index in [1.807, 2.05) is 13.8 Å². The molecule has 1 heterocycles. The van der Waals surface area contributed by atoms with Gasteiger partial charge in [-0.05, 0) is 79.3 Å². The molecule has 1 aliphatic heterocycles. The zero-order chi connectivity index (χ0) is 32.7. The number of anilines is 1. The Morgan fingerprint density at radius 3 is 2.31 bits per heavy atom. The van der Waals surface area contributed by atoms with Crippen LogP contribution in [0.3, 0.4) is 0 Å². The van der Waals surface area contributed by atoms with Gasteiger partial charge in [-0.1, -0.05) is 32.0 Å². The van der Waals surface area contributed by atoms with Crippen LogP contribution in [0, 0.1) is 18.6 Å². The van der Waals surface area contributed by atoms with Crippen LogP contribution in [0.25, 0.3) is 0 Å². The van der Waals surface area contributed by atoms with Gasteiger partial charge in [-0.25, -0.2) is 17.2 Å². The van der Waals surface area contributed by atoms with E-state index in [1.54, 1.807) is 48.2 Å². The molecule has 0 aliphatic carbocycles. The summed E-state index contributed by atoms with van der Waals surface area (Å²) < 4.78 is 55.5. The van der Waals surface area contributed by atoms with Crippen molar-refractivity contribution in [1.82, 2.24) is 15.5 Å². The fourth-order valence-corrected chi connectivity index (χ4v) is 6.92. The minimum absolute atomic E-state index is 0.122. The second-order valence-corrected chi connectivity index (χ2v) is 13.2. The summed E-state index contributed by atoms with van der Waals surface area (Å²) in [5, 5.41) is 17.2. The maximum Gasteiger partial charge on any atom is 0.253 e. The van der Waals surface area contributed by atoms with Crippen LogP contribution in [0.4, 0.5) is 14.5 Å². The third kappa shape index (κ3) is 9.09. The first-order valence-electron chi connectivity index (χ1n) is 15.1. The molecule has 4 N–H and O–H groups in total. The lowest BCUT2D eigenvalue weighted by Gasteiger charge is -2.30. The summed E-state index contributed by atoms with van der Waals surface area (Å²) in [6.07, 6.45) is 0.158.